The van der Waals surface area contributed by atoms with E-state index in [2.05, 4.69) is 12.3 Å². The van der Waals surface area contributed by atoms with Gasteiger partial charge in [-0.25, -0.2) is 4.79 Å². The van der Waals surface area contributed by atoms with Crippen LogP contribution in [0.15, 0.2) is 22.6 Å². The molecule has 0 amide bonds. The standard InChI is InChI=1S/C14H22O2S/c1-3-5-7-12(10-14(15)16-4-2)13-8-6-9-17-11-13/h10-11H,3-9H2,1-2H3/b12-10+. The van der Waals surface area contributed by atoms with Gasteiger partial charge in [-0.2, -0.15) is 0 Å². The van der Waals surface area contributed by atoms with E-state index in [4.69, 9.17) is 4.74 Å². The van der Waals surface area contributed by atoms with E-state index in [1.807, 2.05) is 18.7 Å². The van der Waals surface area contributed by atoms with Crippen LogP contribution in [0.2, 0.25) is 0 Å². The van der Waals surface area contributed by atoms with Gasteiger partial charge in [-0.05, 0) is 54.9 Å². The maximum atomic E-state index is 11.5. The third-order valence-corrected chi connectivity index (χ3v) is 3.70. The van der Waals surface area contributed by atoms with E-state index in [1.165, 1.54) is 23.3 Å². The molecule has 0 unspecified atom stereocenters. The molecular formula is C14H22O2S. The molecule has 0 bridgehead atoms. The first-order valence-electron chi connectivity index (χ1n) is 6.46. The van der Waals surface area contributed by atoms with Crippen LogP contribution in [0.5, 0.6) is 0 Å². The number of esters is 1. The van der Waals surface area contributed by atoms with Gasteiger partial charge in [0.15, 0.2) is 0 Å². The smallest absolute Gasteiger partial charge is 0.331 e. The van der Waals surface area contributed by atoms with Crippen molar-refractivity contribution in [1.82, 2.24) is 0 Å². The zero-order valence-electron chi connectivity index (χ0n) is 10.8. The molecule has 3 heteroatoms. The van der Waals surface area contributed by atoms with Crippen LogP contribution in [0.25, 0.3) is 0 Å². The van der Waals surface area contributed by atoms with Crippen molar-refractivity contribution in [3.63, 3.8) is 0 Å². The Kier molecular flexibility index (Phi) is 7.10. The molecule has 0 saturated heterocycles. The van der Waals surface area contributed by atoms with Crippen molar-refractivity contribution >= 4 is 17.7 Å². The van der Waals surface area contributed by atoms with Crippen molar-refractivity contribution in [3.05, 3.63) is 22.6 Å². The molecule has 1 heterocycles. The summed E-state index contributed by atoms with van der Waals surface area (Å²) in [5, 5.41) is 2.21. The topological polar surface area (TPSA) is 26.3 Å². The Morgan fingerprint density at radius 2 is 2.35 bits per heavy atom. The maximum absolute atomic E-state index is 11.5. The number of allylic oxidation sites excluding steroid dienone is 2. The van der Waals surface area contributed by atoms with Crippen molar-refractivity contribution < 1.29 is 9.53 Å². The van der Waals surface area contributed by atoms with Crippen LogP contribution in [0.1, 0.15) is 46.0 Å². The zero-order valence-corrected chi connectivity index (χ0v) is 11.6. The van der Waals surface area contributed by atoms with Crippen LogP contribution in [-0.2, 0) is 9.53 Å². The van der Waals surface area contributed by atoms with E-state index < -0.39 is 0 Å². The van der Waals surface area contributed by atoms with E-state index in [9.17, 15) is 4.79 Å². The number of hydrogen-bond acceptors (Lipinski definition) is 3. The quantitative estimate of drug-likeness (QED) is 0.528. The van der Waals surface area contributed by atoms with Crippen LogP contribution in [0, 0.1) is 0 Å². The van der Waals surface area contributed by atoms with Crippen LogP contribution < -0.4 is 0 Å². The molecule has 0 fully saturated rings. The predicted molar refractivity (Wildman–Crippen MR) is 74.0 cm³/mol. The molecule has 0 aromatic rings. The second-order valence-electron chi connectivity index (χ2n) is 4.14. The number of rotatable bonds is 6. The minimum absolute atomic E-state index is 0.199. The minimum atomic E-state index is -0.199. The van der Waals surface area contributed by atoms with Gasteiger partial charge in [-0.3, -0.25) is 0 Å². The molecule has 0 aliphatic carbocycles. The number of carbonyl (C=O) groups excluding carboxylic acids is 1. The molecule has 0 aromatic heterocycles. The molecule has 17 heavy (non-hydrogen) atoms. The van der Waals surface area contributed by atoms with E-state index in [1.54, 1.807) is 6.08 Å². The normalized spacial score (nSPS) is 16.6. The van der Waals surface area contributed by atoms with Gasteiger partial charge in [0.2, 0.25) is 0 Å². The molecule has 0 N–H and O–H groups in total. The lowest BCUT2D eigenvalue weighted by Gasteiger charge is -2.15. The monoisotopic (exact) mass is 254 g/mol. The minimum Gasteiger partial charge on any atom is -0.463 e. The zero-order chi connectivity index (χ0) is 12.5. The fourth-order valence-electron chi connectivity index (χ4n) is 1.82. The Hall–Kier alpha value is -0.700. The van der Waals surface area contributed by atoms with Crippen molar-refractivity contribution in [2.24, 2.45) is 0 Å². The summed E-state index contributed by atoms with van der Waals surface area (Å²) in [5.74, 6) is 0.999. The van der Waals surface area contributed by atoms with E-state index in [0.717, 1.165) is 25.7 Å². The summed E-state index contributed by atoms with van der Waals surface area (Å²) in [6.45, 7) is 4.46. The third-order valence-electron chi connectivity index (χ3n) is 2.72. The van der Waals surface area contributed by atoms with Gasteiger partial charge in [0.25, 0.3) is 0 Å². The van der Waals surface area contributed by atoms with Gasteiger partial charge in [0.1, 0.15) is 0 Å². The average Bonchev–Trinajstić information content (AvgIpc) is 2.36. The Balaban J connectivity index is 2.71. The molecule has 0 atom stereocenters. The lowest BCUT2D eigenvalue weighted by Crippen LogP contribution is -2.04. The van der Waals surface area contributed by atoms with Gasteiger partial charge in [0, 0.05) is 6.08 Å². The summed E-state index contributed by atoms with van der Waals surface area (Å²) in [7, 11) is 0. The molecule has 96 valence electrons. The SMILES string of the molecule is CCCC/C(=C\C(=O)OCC)C1=CSCCC1. The highest BCUT2D eigenvalue weighted by Gasteiger charge is 2.11. The van der Waals surface area contributed by atoms with Crippen molar-refractivity contribution in [2.45, 2.75) is 46.0 Å². The second kappa shape index (κ2) is 8.40. The fraction of sp³-hybridized carbons (Fsp3) is 0.643. The number of ether oxygens (including phenoxy) is 1. The van der Waals surface area contributed by atoms with Gasteiger partial charge in [0.05, 0.1) is 6.61 Å². The van der Waals surface area contributed by atoms with E-state index in [0.29, 0.717) is 6.61 Å². The lowest BCUT2D eigenvalue weighted by atomic mass is 9.97. The highest BCUT2D eigenvalue weighted by Crippen LogP contribution is 2.29. The van der Waals surface area contributed by atoms with Crippen LogP contribution in [0.4, 0.5) is 0 Å². The van der Waals surface area contributed by atoms with Crippen LogP contribution in [-0.4, -0.2) is 18.3 Å². The summed E-state index contributed by atoms with van der Waals surface area (Å²) in [6.07, 6.45) is 7.27. The first-order valence-corrected chi connectivity index (χ1v) is 7.51. The fourth-order valence-corrected chi connectivity index (χ4v) is 2.72. The molecule has 1 aliphatic heterocycles. The first-order chi connectivity index (χ1) is 8.27. The van der Waals surface area contributed by atoms with Crippen molar-refractivity contribution in [1.29, 1.82) is 0 Å². The third kappa shape index (κ3) is 5.44. The molecule has 0 saturated carbocycles. The Morgan fingerprint density at radius 3 is 2.94 bits per heavy atom. The van der Waals surface area contributed by atoms with Gasteiger partial charge in [-0.1, -0.05) is 13.3 Å². The molecule has 0 radical (unpaired) electrons. The van der Waals surface area contributed by atoms with Gasteiger partial charge < -0.3 is 4.74 Å². The molecule has 1 rings (SSSR count). The van der Waals surface area contributed by atoms with E-state index in [-0.39, 0.29) is 5.97 Å². The van der Waals surface area contributed by atoms with Crippen LogP contribution >= 0.6 is 11.8 Å². The largest absolute Gasteiger partial charge is 0.463 e. The van der Waals surface area contributed by atoms with E-state index >= 15 is 0 Å². The molecular weight excluding hydrogens is 232 g/mol. The summed E-state index contributed by atoms with van der Waals surface area (Å²) in [6, 6.07) is 0. The molecule has 1 aliphatic rings. The van der Waals surface area contributed by atoms with Gasteiger partial charge >= 0.3 is 5.97 Å². The lowest BCUT2D eigenvalue weighted by molar-refractivity contribution is -0.137. The molecule has 0 spiro atoms. The number of thioether (sulfide) groups is 1. The molecule has 0 aromatic carbocycles. The predicted octanol–water partition coefficient (Wildman–Crippen LogP) is 4.08. The van der Waals surface area contributed by atoms with Crippen molar-refractivity contribution in [3.8, 4) is 0 Å². The first kappa shape index (κ1) is 14.4. The average molecular weight is 254 g/mol. The van der Waals surface area contributed by atoms with Crippen LogP contribution in [0.3, 0.4) is 0 Å². The summed E-state index contributed by atoms with van der Waals surface area (Å²) in [5.41, 5.74) is 2.51. The maximum Gasteiger partial charge on any atom is 0.331 e. The number of hydrogen-bond donors (Lipinski definition) is 0. The van der Waals surface area contributed by atoms with Gasteiger partial charge in [-0.15, -0.1) is 11.8 Å². The molecule has 2 nitrogen and oxygen atoms in total. The highest BCUT2D eigenvalue weighted by atomic mass is 32.2. The summed E-state index contributed by atoms with van der Waals surface area (Å²) < 4.78 is 4.99. The Morgan fingerprint density at radius 1 is 1.53 bits per heavy atom. The summed E-state index contributed by atoms with van der Waals surface area (Å²) >= 11 is 1.85. The van der Waals surface area contributed by atoms with Crippen molar-refractivity contribution in [2.75, 3.05) is 12.4 Å². The number of unbranched alkanes of at least 4 members (excludes halogenated alkanes) is 1. The number of carbonyl (C=O) groups is 1. The highest BCUT2D eigenvalue weighted by molar-refractivity contribution is 8.02. The second-order valence-corrected chi connectivity index (χ2v) is 5.12. The Bertz CT molecular complexity index is 305. The summed E-state index contributed by atoms with van der Waals surface area (Å²) in [4.78, 5) is 11.5. The Labute approximate surface area is 108 Å².